The molecule has 6 atom stereocenters. The van der Waals surface area contributed by atoms with Crippen molar-refractivity contribution < 1.29 is 83.7 Å². The van der Waals surface area contributed by atoms with Gasteiger partial charge in [-0.2, -0.15) is 0 Å². The monoisotopic (exact) mass is 1130 g/mol. The van der Waals surface area contributed by atoms with E-state index in [1.54, 1.807) is 0 Å². The summed E-state index contributed by atoms with van der Waals surface area (Å²) < 4.78 is 0. The normalized spacial score (nSPS) is 13.2. The molecule has 0 radical (unpaired) electrons. The zero-order valence-electron chi connectivity index (χ0n) is 45.9. The molecule has 13 N–H and O–H groups in total. The maximum absolute atomic E-state index is 14.4. The highest BCUT2D eigenvalue weighted by Crippen LogP contribution is 2.18. The van der Waals surface area contributed by atoms with Crippen molar-refractivity contribution >= 4 is 59.3 Å². The van der Waals surface area contributed by atoms with Crippen molar-refractivity contribution in [3.8, 4) is 17.2 Å². The van der Waals surface area contributed by atoms with E-state index >= 15 is 0 Å². The van der Waals surface area contributed by atoms with Gasteiger partial charge < -0.3 is 67.6 Å². The molecule has 0 aliphatic carbocycles. The highest BCUT2D eigenvalue weighted by Gasteiger charge is 2.34. The predicted molar refractivity (Wildman–Crippen MR) is 296 cm³/mol. The molecule has 0 saturated heterocycles. The molecule has 3 aromatic rings. The van der Waals surface area contributed by atoms with Crippen LogP contribution in [0.25, 0.3) is 0 Å². The molecule has 3 aromatic carbocycles. The number of rotatable bonds is 41. The average Bonchev–Trinajstić information content (AvgIpc) is 3.44. The number of carbonyl (C=O) groups excluding carboxylic acids is 6. The molecule has 444 valence electrons. The number of amides is 6. The fourth-order valence-electron chi connectivity index (χ4n) is 8.76. The lowest BCUT2D eigenvalue weighted by atomic mass is 10.0. The van der Waals surface area contributed by atoms with Crippen LogP contribution in [0.4, 0.5) is 0 Å². The van der Waals surface area contributed by atoms with Crippen LogP contribution < -0.4 is 31.9 Å². The molecular formula is C58H80N6O17. The van der Waals surface area contributed by atoms with Crippen molar-refractivity contribution in [2.24, 2.45) is 0 Å². The Kier molecular flexibility index (Phi) is 30.5. The molecule has 0 aliphatic rings. The third-order valence-electron chi connectivity index (χ3n) is 13.4. The Labute approximate surface area is 471 Å². The second kappa shape index (κ2) is 36.8. The van der Waals surface area contributed by atoms with Gasteiger partial charge in [0.25, 0.3) is 0 Å². The van der Waals surface area contributed by atoms with Gasteiger partial charge >= 0.3 is 23.9 Å². The standard InChI is InChI=1S/C58H80N6O17/c1-2-3-4-5-6-7-8-9-10-11-12-13-14-15-49(68)59-43(28-31-50(69)70)53(75)62-46(34-37-16-22-40(65)23-17-37)56(78)60-44(29-32-51(71)72)54(76)63-47(35-38-18-24-41(66)25-19-38)57(79)61-45(30-33-52(73)74)55(77)64-48(58(80)81)36-39-20-26-42(67)27-21-39/h16-27,43-48,65-67H,2-15,28-36H2,1H3,(H,59,68)(H,60,78)(H,61,79)(H,62,75)(H,63,76)(H,64,77)(H,69,70)(H,71,72)(H,73,74)(H,80,81)/t43-,44-,45-,46-,47-,48-/m0/s1. The van der Waals surface area contributed by atoms with Crippen LogP contribution in [0.5, 0.6) is 17.2 Å². The summed E-state index contributed by atoms with van der Waals surface area (Å²) in [5.74, 6) is -11.9. The number of benzene rings is 3. The van der Waals surface area contributed by atoms with Crippen LogP contribution in [0.2, 0.25) is 0 Å². The highest BCUT2D eigenvalue weighted by atomic mass is 16.4. The van der Waals surface area contributed by atoms with Crippen molar-refractivity contribution in [2.75, 3.05) is 0 Å². The number of phenolic OH excluding ortho intramolecular Hbond substituents is 3. The smallest absolute Gasteiger partial charge is 0.326 e. The number of phenols is 3. The van der Waals surface area contributed by atoms with Crippen molar-refractivity contribution in [1.82, 2.24) is 31.9 Å². The number of aromatic hydroxyl groups is 3. The second-order valence-electron chi connectivity index (χ2n) is 20.2. The molecule has 81 heavy (non-hydrogen) atoms. The summed E-state index contributed by atoms with van der Waals surface area (Å²) >= 11 is 0. The fraction of sp³-hybridized carbons (Fsp3) is 0.517. The maximum atomic E-state index is 14.4. The lowest BCUT2D eigenvalue weighted by Gasteiger charge is -2.27. The molecule has 6 amide bonds. The highest BCUT2D eigenvalue weighted by molar-refractivity contribution is 5.97. The molecule has 0 aromatic heterocycles. The van der Waals surface area contributed by atoms with Crippen molar-refractivity contribution in [2.45, 2.75) is 191 Å². The summed E-state index contributed by atoms with van der Waals surface area (Å²) in [5, 5.41) is 83.1. The number of aliphatic carboxylic acids is 4. The van der Waals surface area contributed by atoms with Crippen molar-refractivity contribution in [1.29, 1.82) is 0 Å². The van der Waals surface area contributed by atoms with E-state index in [-0.39, 0.29) is 49.4 Å². The van der Waals surface area contributed by atoms with Gasteiger partial charge in [-0.1, -0.05) is 120 Å². The molecule has 0 spiro atoms. The summed E-state index contributed by atoms with van der Waals surface area (Å²) in [6.07, 6.45) is 9.67. The number of unbranched alkanes of at least 4 members (excludes halogenated alkanes) is 12. The van der Waals surface area contributed by atoms with E-state index in [0.717, 1.165) is 32.1 Å². The lowest BCUT2D eigenvalue weighted by Crippen LogP contribution is -2.60. The van der Waals surface area contributed by atoms with Crippen molar-refractivity contribution in [3.05, 3.63) is 89.5 Å². The van der Waals surface area contributed by atoms with Gasteiger partial charge in [0, 0.05) is 44.9 Å². The summed E-state index contributed by atoms with van der Waals surface area (Å²) in [7, 11) is 0. The van der Waals surface area contributed by atoms with Gasteiger partial charge in [0.05, 0.1) is 0 Å². The van der Waals surface area contributed by atoms with Gasteiger partial charge in [-0.15, -0.1) is 0 Å². The van der Waals surface area contributed by atoms with E-state index in [9.17, 15) is 83.7 Å². The van der Waals surface area contributed by atoms with Crippen LogP contribution in [0.15, 0.2) is 72.8 Å². The summed E-state index contributed by atoms with van der Waals surface area (Å²) in [6.45, 7) is 2.19. The van der Waals surface area contributed by atoms with Crippen LogP contribution in [0, 0.1) is 0 Å². The molecule has 23 heteroatoms. The van der Waals surface area contributed by atoms with E-state index in [1.165, 1.54) is 118 Å². The van der Waals surface area contributed by atoms with Crippen molar-refractivity contribution in [3.63, 3.8) is 0 Å². The number of carboxylic acids is 4. The number of carboxylic acid groups (broad SMARTS) is 4. The zero-order valence-corrected chi connectivity index (χ0v) is 45.9. The minimum Gasteiger partial charge on any atom is -0.508 e. The molecular weight excluding hydrogens is 1050 g/mol. The Morgan fingerprint density at radius 2 is 0.593 bits per heavy atom. The molecule has 23 nitrogen and oxygen atoms in total. The summed E-state index contributed by atoms with van der Waals surface area (Å²) in [6, 6.07) is 6.41. The minimum atomic E-state index is -1.77. The van der Waals surface area contributed by atoms with Gasteiger partial charge in [0.1, 0.15) is 53.5 Å². The fourth-order valence-corrected chi connectivity index (χ4v) is 8.76. The predicted octanol–water partition coefficient (Wildman–Crippen LogP) is 4.90. The third-order valence-corrected chi connectivity index (χ3v) is 13.4. The Bertz CT molecular complexity index is 2510. The van der Waals surface area contributed by atoms with Gasteiger partial charge in [-0.3, -0.25) is 43.2 Å². The molecule has 0 unspecified atom stereocenters. The Morgan fingerprint density at radius 3 is 0.901 bits per heavy atom. The first-order valence-electron chi connectivity index (χ1n) is 27.7. The number of hydrogen-bond donors (Lipinski definition) is 13. The topological polar surface area (TPSA) is 384 Å². The molecule has 0 saturated carbocycles. The maximum Gasteiger partial charge on any atom is 0.326 e. The first kappa shape index (κ1) is 67.0. The van der Waals surface area contributed by atoms with Gasteiger partial charge in [0.15, 0.2) is 0 Å². The summed E-state index contributed by atoms with van der Waals surface area (Å²) in [5.41, 5.74) is 1.08. The van der Waals surface area contributed by atoms with E-state index in [1.807, 2.05) is 0 Å². The molecule has 0 heterocycles. The van der Waals surface area contributed by atoms with E-state index in [2.05, 4.69) is 38.8 Å². The average molecular weight is 1130 g/mol. The molecule has 3 rings (SSSR count). The number of carbonyl (C=O) groups is 10. The van der Waals surface area contributed by atoms with E-state index in [0.29, 0.717) is 23.1 Å². The van der Waals surface area contributed by atoms with Crippen LogP contribution in [-0.4, -0.2) is 131 Å². The minimum absolute atomic E-state index is 0.0433. The van der Waals surface area contributed by atoms with E-state index < -0.39 is 128 Å². The number of nitrogens with one attached hydrogen (secondary N) is 6. The molecule has 0 bridgehead atoms. The molecule has 0 aliphatic heterocycles. The zero-order chi connectivity index (χ0) is 59.7. The van der Waals surface area contributed by atoms with Crippen LogP contribution in [-0.2, 0) is 67.2 Å². The first-order valence-corrected chi connectivity index (χ1v) is 27.7. The Balaban J connectivity index is 1.86. The quantitative estimate of drug-likeness (QED) is 0.0336. The van der Waals surface area contributed by atoms with Crippen LogP contribution in [0.3, 0.4) is 0 Å². The van der Waals surface area contributed by atoms with Crippen LogP contribution in [0.1, 0.15) is 152 Å². The van der Waals surface area contributed by atoms with Crippen LogP contribution >= 0.6 is 0 Å². The number of hydrogen-bond acceptors (Lipinski definition) is 13. The van der Waals surface area contributed by atoms with Gasteiger partial charge in [0.2, 0.25) is 35.4 Å². The SMILES string of the molecule is CCCCCCCCCCCCCCCC(=O)N[C@@H](CCC(=O)O)C(=O)N[C@@H](Cc1ccc(O)cc1)C(=O)N[C@@H](CCC(=O)O)C(=O)N[C@@H](Cc1ccc(O)cc1)C(=O)N[C@@H](CCC(=O)O)C(=O)N[C@@H](Cc1ccc(O)cc1)C(=O)O. The third kappa shape index (κ3) is 28.0. The van der Waals surface area contributed by atoms with Gasteiger partial charge in [-0.05, 0) is 78.8 Å². The molecule has 0 fully saturated rings. The summed E-state index contributed by atoms with van der Waals surface area (Å²) in [4.78, 5) is 132. The lowest BCUT2D eigenvalue weighted by molar-refractivity contribution is -0.143. The Morgan fingerprint density at radius 1 is 0.333 bits per heavy atom. The first-order chi connectivity index (χ1) is 38.6. The largest absolute Gasteiger partial charge is 0.508 e. The second-order valence-corrected chi connectivity index (χ2v) is 20.2. The Hall–Kier alpha value is -8.24. The van der Waals surface area contributed by atoms with Gasteiger partial charge in [-0.25, -0.2) is 4.79 Å². The van der Waals surface area contributed by atoms with E-state index in [4.69, 9.17) is 0 Å².